The van der Waals surface area contributed by atoms with Gasteiger partial charge in [0.05, 0.1) is 5.69 Å². The van der Waals surface area contributed by atoms with Crippen LogP contribution in [0.5, 0.6) is 5.75 Å². The number of amides is 2. The SMILES string of the molecule is CCc1ccc(N2NC(=O)C(=Cc3ccc(O)cc3)C2=O)cc1. The molecule has 1 aliphatic rings. The largest absolute Gasteiger partial charge is 0.508 e. The molecule has 3 rings (SSSR count). The first-order chi connectivity index (χ1) is 11.1. The molecule has 5 heteroatoms. The van der Waals surface area contributed by atoms with Crippen LogP contribution in [0, 0.1) is 0 Å². The maximum Gasteiger partial charge on any atom is 0.282 e. The highest BCUT2D eigenvalue weighted by atomic mass is 16.3. The van der Waals surface area contributed by atoms with Gasteiger partial charge in [-0.3, -0.25) is 15.0 Å². The van der Waals surface area contributed by atoms with Crippen molar-refractivity contribution >= 4 is 23.6 Å². The zero-order chi connectivity index (χ0) is 16.4. The second-order valence-corrected chi connectivity index (χ2v) is 5.25. The third-order valence-electron chi connectivity index (χ3n) is 3.70. The van der Waals surface area contributed by atoms with Crippen LogP contribution in [0.15, 0.2) is 54.1 Å². The standard InChI is InChI=1S/C18H16N2O3/c1-2-12-3-7-14(8-4-12)20-18(23)16(17(22)19-20)11-13-5-9-15(21)10-6-13/h3-11,21H,2H2,1H3,(H,19,22). The van der Waals surface area contributed by atoms with Crippen LogP contribution in [0.4, 0.5) is 5.69 Å². The monoisotopic (exact) mass is 308 g/mol. The summed E-state index contributed by atoms with van der Waals surface area (Å²) in [5.41, 5.74) is 5.08. The van der Waals surface area contributed by atoms with Crippen LogP contribution in [0.1, 0.15) is 18.1 Å². The van der Waals surface area contributed by atoms with E-state index in [1.165, 1.54) is 23.2 Å². The summed E-state index contributed by atoms with van der Waals surface area (Å²) in [5.74, 6) is -0.707. The number of rotatable bonds is 3. The average Bonchev–Trinajstić information content (AvgIpc) is 2.85. The summed E-state index contributed by atoms with van der Waals surface area (Å²) in [5, 5.41) is 10.5. The fraction of sp³-hybridized carbons (Fsp3) is 0.111. The molecule has 0 spiro atoms. The van der Waals surface area contributed by atoms with Crippen LogP contribution >= 0.6 is 0 Å². The smallest absolute Gasteiger partial charge is 0.282 e. The number of phenolic OH excluding ortho intramolecular Hbond substituents is 1. The Balaban J connectivity index is 1.88. The molecule has 0 atom stereocenters. The molecule has 5 nitrogen and oxygen atoms in total. The second-order valence-electron chi connectivity index (χ2n) is 5.25. The van der Waals surface area contributed by atoms with Gasteiger partial charge in [-0.1, -0.05) is 31.2 Å². The third-order valence-corrected chi connectivity index (χ3v) is 3.70. The molecule has 2 aromatic carbocycles. The molecular weight excluding hydrogens is 292 g/mol. The maximum atomic E-state index is 12.5. The molecule has 2 amide bonds. The Hall–Kier alpha value is -3.08. The minimum atomic E-state index is -0.442. The van der Waals surface area contributed by atoms with Crippen LogP contribution in [0.2, 0.25) is 0 Å². The molecule has 1 saturated heterocycles. The van der Waals surface area contributed by atoms with E-state index in [1.54, 1.807) is 24.3 Å². The molecular formula is C18H16N2O3. The van der Waals surface area contributed by atoms with Gasteiger partial charge in [0.15, 0.2) is 0 Å². The molecule has 2 N–H and O–H groups in total. The lowest BCUT2D eigenvalue weighted by Gasteiger charge is -2.14. The fourth-order valence-corrected chi connectivity index (χ4v) is 2.36. The highest BCUT2D eigenvalue weighted by Gasteiger charge is 2.34. The molecule has 0 bridgehead atoms. The Kier molecular flexibility index (Phi) is 3.85. The number of benzene rings is 2. The van der Waals surface area contributed by atoms with E-state index in [1.807, 2.05) is 12.1 Å². The van der Waals surface area contributed by atoms with Crippen molar-refractivity contribution in [1.29, 1.82) is 0 Å². The minimum absolute atomic E-state index is 0.0651. The normalized spacial score (nSPS) is 16.0. The van der Waals surface area contributed by atoms with Gasteiger partial charge in [0.1, 0.15) is 11.3 Å². The molecule has 0 saturated carbocycles. The summed E-state index contributed by atoms with van der Waals surface area (Å²) < 4.78 is 0. The van der Waals surface area contributed by atoms with Crippen LogP contribution in [0.3, 0.4) is 0 Å². The highest BCUT2D eigenvalue weighted by Crippen LogP contribution is 2.22. The summed E-state index contributed by atoms with van der Waals surface area (Å²) >= 11 is 0. The number of phenols is 1. The summed E-state index contributed by atoms with van der Waals surface area (Å²) in [4.78, 5) is 24.5. The number of carbonyl (C=O) groups excluding carboxylic acids is 2. The quantitative estimate of drug-likeness (QED) is 0.676. The first-order valence-electron chi connectivity index (χ1n) is 7.33. The number of aromatic hydroxyl groups is 1. The van der Waals surface area contributed by atoms with Gasteiger partial charge in [0.2, 0.25) is 0 Å². The molecule has 116 valence electrons. The van der Waals surface area contributed by atoms with Crippen molar-refractivity contribution in [2.45, 2.75) is 13.3 Å². The fourth-order valence-electron chi connectivity index (χ4n) is 2.36. The van der Waals surface area contributed by atoms with Gasteiger partial charge in [-0.15, -0.1) is 0 Å². The van der Waals surface area contributed by atoms with Crippen molar-refractivity contribution in [1.82, 2.24) is 5.43 Å². The first-order valence-corrected chi connectivity index (χ1v) is 7.33. The molecule has 2 aromatic rings. The summed E-state index contributed by atoms with van der Waals surface area (Å²) in [6.07, 6.45) is 2.42. The Morgan fingerprint density at radius 2 is 1.70 bits per heavy atom. The Morgan fingerprint density at radius 1 is 1.04 bits per heavy atom. The third kappa shape index (κ3) is 2.94. The van der Waals surface area contributed by atoms with E-state index < -0.39 is 11.8 Å². The number of hydrogen-bond donors (Lipinski definition) is 2. The van der Waals surface area contributed by atoms with Gasteiger partial charge in [-0.2, -0.15) is 0 Å². The predicted octanol–water partition coefficient (Wildman–Crippen LogP) is 2.42. The molecule has 1 heterocycles. The van der Waals surface area contributed by atoms with E-state index in [-0.39, 0.29) is 11.3 Å². The van der Waals surface area contributed by atoms with Crippen LogP contribution in [-0.2, 0) is 16.0 Å². The molecule has 23 heavy (non-hydrogen) atoms. The van der Waals surface area contributed by atoms with Crippen molar-refractivity contribution in [3.8, 4) is 5.75 Å². The van der Waals surface area contributed by atoms with E-state index in [4.69, 9.17) is 0 Å². The van der Waals surface area contributed by atoms with Crippen molar-refractivity contribution in [2.24, 2.45) is 0 Å². The Labute approximate surface area is 133 Å². The highest BCUT2D eigenvalue weighted by molar-refractivity contribution is 6.31. The molecule has 1 aliphatic heterocycles. The van der Waals surface area contributed by atoms with Crippen molar-refractivity contribution in [3.05, 3.63) is 65.2 Å². The summed E-state index contributed by atoms with van der Waals surface area (Å²) in [6, 6.07) is 13.8. The van der Waals surface area contributed by atoms with Crippen molar-refractivity contribution in [2.75, 3.05) is 5.01 Å². The molecule has 0 aromatic heterocycles. The average molecular weight is 308 g/mol. The number of carbonyl (C=O) groups is 2. The summed E-state index contributed by atoms with van der Waals surface area (Å²) in [6.45, 7) is 2.05. The zero-order valence-electron chi connectivity index (χ0n) is 12.6. The number of hydrazine groups is 1. The number of aryl methyl sites for hydroxylation is 1. The lowest BCUT2D eigenvalue weighted by Crippen LogP contribution is -2.35. The van der Waals surface area contributed by atoms with Crippen molar-refractivity contribution in [3.63, 3.8) is 0 Å². The lowest BCUT2D eigenvalue weighted by atomic mass is 10.1. The van der Waals surface area contributed by atoms with Crippen LogP contribution < -0.4 is 10.4 Å². The molecule has 0 unspecified atom stereocenters. The minimum Gasteiger partial charge on any atom is -0.508 e. The first kappa shape index (κ1) is 14.8. The van der Waals surface area contributed by atoms with E-state index in [9.17, 15) is 14.7 Å². The van der Waals surface area contributed by atoms with E-state index >= 15 is 0 Å². The van der Waals surface area contributed by atoms with E-state index in [2.05, 4.69) is 12.3 Å². The Bertz CT molecular complexity index is 777. The van der Waals surface area contributed by atoms with Crippen molar-refractivity contribution < 1.29 is 14.7 Å². The molecule has 0 radical (unpaired) electrons. The van der Waals surface area contributed by atoms with Crippen LogP contribution in [-0.4, -0.2) is 16.9 Å². The van der Waals surface area contributed by atoms with E-state index in [0.29, 0.717) is 11.3 Å². The second kappa shape index (κ2) is 5.96. The van der Waals surface area contributed by atoms with Gasteiger partial charge >= 0.3 is 0 Å². The lowest BCUT2D eigenvalue weighted by molar-refractivity contribution is -0.117. The predicted molar refractivity (Wildman–Crippen MR) is 87.5 cm³/mol. The van der Waals surface area contributed by atoms with E-state index in [0.717, 1.165) is 12.0 Å². The van der Waals surface area contributed by atoms with Gasteiger partial charge < -0.3 is 5.11 Å². The number of nitrogens with one attached hydrogen (secondary N) is 1. The van der Waals surface area contributed by atoms with Gasteiger partial charge in [0, 0.05) is 0 Å². The summed E-state index contributed by atoms with van der Waals surface area (Å²) in [7, 11) is 0. The number of nitrogens with zero attached hydrogens (tertiary/aromatic N) is 1. The zero-order valence-corrected chi connectivity index (χ0v) is 12.6. The number of anilines is 1. The Morgan fingerprint density at radius 3 is 2.30 bits per heavy atom. The number of hydrogen-bond acceptors (Lipinski definition) is 3. The van der Waals surface area contributed by atoms with Crippen LogP contribution in [0.25, 0.3) is 6.08 Å². The topological polar surface area (TPSA) is 69.6 Å². The van der Waals surface area contributed by atoms with Gasteiger partial charge in [-0.05, 0) is 47.9 Å². The molecule has 1 fully saturated rings. The maximum absolute atomic E-state index is 12.5. The van der Waals surface area contributed by atoms with Gasteiger partial charge in [0.25, 0.3) is 11.8 Å². The van der Waals surface area contributed by atoms with Gasteiger partial charge in [-0.25, -0.2) is 5.01 Å². The molecule has 0 aliphatic carbocycles.